The first-order valence-electron chi connectivity index (χ1n) is 9.51. The molecule has 0 amide bonds. The summed E-state index contributed by atoms with van der Waals surface area (Å²) in [5, 5.41) is -0.467. The van der Waals surface area contributed by atoms with Crippen LogP contribution in [0, 0.1) is 17.3 Å². The molecular weight excluding hydrogens is 372 g/mol. The Bertz CT molecular complexity index is 793. The van der Waals surface area contributed by atoms with Gasteiger partial charge in [0, 0.05) is 0 Å². The van der Waals surface area contributed by atoms with Gasteiger partial charge in [0.1, 0.15) is 11.0 Å². The molecule has 1 aromatic rings. The van der Waals surface area contributed by atoms with Crippen LogP contribution in [0.3, 0.4) is 0 Å². The number of halogens is 1. The average Bonchev–Trinajstić information content (AvgIpc) is 2.97. The molecule has 0 radical (unpaired) electrons. The summed E-state index contributed by atoms with van der Waals surface area (Å²) in [6.45, 7) is 2.23. The molecule has 5 atom stereocenters. The molecule has 0 aromatic heterocycles. The highest BCUT2D eigenvalue weighted by Crippen LogP contribution is 2.61. The Morgan fingerprint density at radius 1 is 1.23 bits per heavy atom. The van der Waals surface area contributed by atoms with E-state index in [0.717, 1.165) is 37.9 Å². The summed E-state index contributed by atoms with van der Waals surface area (Å²) in [7, 11) is -1.91. The van der Waals surface area contributed by atoms with Gasteiger partial charge in [-0.1, -0.05) is 13.0 Å². The molecule has 0 N–H and O–H groups in total. The van der Waals surface area contributed by atoms with Crippen molar-refractivity contribution in [2.24, 2.45) is 17.3 Å². The first-order valence-corrected chi connectivity index (χ1v) is 11.6. The number of hydrogen-bond donors (Lipinski definition) is 0. The third kappa shape index (κ3) is 2.96. The van der Waals surface area contributed by atoms with E-state index in [1.54, 1.807) is 7.11 Å². The van der Waals surface area contributed by atoms with Crippen molar-refractivity contribution in [2.45, 2.75) is 57.5 Å². The Kier molecular flexibility index (Phi) is 4.77. The molecule has 3 aliphatic carbocycles. The van der Waals surface area contributed by atoms with E-state index in [4.69, 9.17) is 20.5 Å². The van der Waals surface area contributed by atoms with Crippen molar-refractivity contribution in [1.29, 1.82) is 0 Å². The van der Waals surface area contributed by atoms with Crippen LogP contribution in [-0.4, -0.2) is 26.8 Å². The summed E-state index contributed by atoms with van der Waals surface area (Å²) in [5.74, 6) is 2.64. The van der Waals surface area contributed by atoms with Gasteiger partial charge in [0.2, 0.25) is 0 Å². The van der Waals surface area contributed by atoms with Gasteiger partial charge in [-0.2, -0.15) is 8.42 Å². The number of rotatable bonds is 4. The van der Waals surface area contributed by atoms with Crippen LogP contribution in [0.2, 0.25) is 0 Å². The topological polar surface area (TPSA) is 52.6 Å². The molecule has 0 saturated heterocycles. The second-order valence-electron chi connectivity index (χ2n) is 8.35. The van der Waals surface area contributed by atoms with Crippen molar-refractivity contribution in [3.63, 3.8) is 0 Å². The van der Waals surface area contributed by atoms with E-state index in [1.807, 2.05) is 0 Å². The molecule has 0 aliphatic heterocycles. The van der Waals surface area contributed by atoms with Crippen molar-refractivity contribution in [1.82, 2.24) is 0 Å². The van der Waals surface area contributed by atoms with Crippen LogP contribution < -0.4 is 4.74 Å². The van der Waals surface area contributed by atoms with Crippen LogP contribution in [0.4, 0.5) is 0 Å². The number of benzene rings is 1. The lowest BCUT2D eigenvalue weighted by Crippen LogP contribution is -2.45. The van der Waals surface area contributed by atoms with Crippen LogP contribution in [0.15, 0.2) is 18.2 Å². The highest BCUT2D eigenvalue weighted by molar-refractivity contribution is 7.87. The van der Waals surface area contributed by atoms with E-state index in [1.165, 1.54) is 17.5 Å². The molecule has 0 bridgehead atoms. The van der Waals surface area contributed by atoms with Gasteiger partial charge in [-0.25, -0.2) is 0 Å². The Labute approximate surface area is 161 Å². The normalized spacial score (nSPS) is 36.1. The van der Waals surface area contributed by atoms with E-state index in [-0.39, 0.29) is 11.5 Å². The Balaban J connectivity index is 1.60. The highest BCUT2D eigenvalue weighted by atomic mass is 35.5. The molecule has 0 unspecified atom stereocenters. The van der Waals surface area contributed by atoms with E-state index >= 15 is 0 Å². The SMILES string of the molecule is COc1ccc2c(c1)CC[C@@H]1[C@@H]2CC[C@]2(C)[C@@H](OS(=O)(=O)CCl)CC[C@@H]12. The van der Waals surface area contributed by atoms with Crippen LogP contribution >= 0.6 is 11.6 Å². The maximum absolute atomic E-state index is 11.9. The van der Waals surface area contributed by atoms with Gasteiger partial charge < -0.3 is 4.74 Å². The van der Waals surface area contributed by atoms with Crippen molar-refractivity contribution in [3.05, 3.63) is 29.3 Å². The maximum Gasteiger partial charge on any atom is 0.281 e. The van der Waals surface area contributed by atoms with Crippen LogP contribution in [0.5, 0.6) is 5.75 Å². The maximum atomic E-state index is 11.9. The smallest absolute Gasteiger partial charge is 0.281 e. The zero-order chi connectivity index (χ0) is 18.5. The molecule has 3 aliphatic rings. The third-order valence-electron chi connectivity index (χ3n) is 7.24. The first-order chi connectivity index (χ1) is 12.4. The minimum atomic E-state index is -3.63. The molecule has 2 saturated carbocycles. The zero-order valence-electron chi connectivity index (χ0n) is 15.4. The van der Waals surface area contributed by atoms with Gasteiger partial charge in [-0.05, 0) is 85.0 Å². The number of hydrogen-bond acceptors (Lipinski definition) is 4. The van der Waals surface area contributed by atoms with Crippen LogP contribution in [-0.2, 0) is 20.7 Å². The van der Waals surface area contributed by atoms with E-state index in [2.05, 4.69) is 25.1 Å². The quantitative estimate of drug-likeness (QED) is 0.555. The minimum Gasteiger partial charge on any atom is -0.497 e. The summed E-state index contributed by atoms with van der Waals surface area (Å²) in [6.07, 6.45) is 5.98. The van der Waals surface area contributed by atoms with Gasteiger partial charge in [-0.3, -0.25) is 4.18 Å². The van der Waals surface area contributed by atoms with Crippen molar-refractivity contribution in [2.75, 3.05) is 12.3 Å². The van der Waals surface area contributed by atoms with Gasteiger partial charge in [-0.15, -0.1) is 11.6 Å². The predicted molar refractivity (Wildman–Crippen MR) is 102 cm³/mol. The second-order valence-corrected chi connectivity index (χ2v) is 10.5. The second kappa shape index (κ2) is 6.68. The third-order valence-corrected chi connectivity index (χ3v) is 8.84. The Morgan fingerprint density at radius 2 is 2.04 bits per heavy atom. The molecule has 0 heterocycles. The summed E-state index contributed by atoms with van der Waals surface area (Å²) >= 11 is 5.56. The van der Waals surface area contributed by atoms with Gasteiger partial charge in [0.25, 0.3) is 10.1 Å². The molecule has 6 heteroatoms. The van der Waals surface area contributed by atoms with Crippen LogP contribution in [0.1, 0.15) is 56.1 Å². The molecule has 4 rings (SSSR count). The molecule has 1 aromatic carbocycles. The van der Waals surface area contributed by atoms with Crippen LogP contribution in [0.25, 0.3) is 0 Å². The molecule has 144 valence electrons. The number of alkyl halides is 1. The van der Waals surface area contributed by atoms with Crippen molar-refractivity contribution < 1.29 is 17.3 Å². The lowest BCUT2D eigenvalue weighted by molar-refractivity contribution is -0.00778. The number of fused-ring (bicyclic) bond motifs is 5. The molecule has 0 spiro atoms. The summed E-state index contributed by atoms with van der Waals surface area (Å²) in [5.41, 5.74) is 2.83. The average molecular weight is 399 g/mol. The van der Waals surface area contributed by atoms with E-state index in [0.29, 0.717) is 17.8 Å². The van der Waals surface area contributed by atoms with Crippen molar-refractivity contribution >= 4 is 21.7 Å². The molecule has 4 nitrogen and oxygen atoms in total. The molecular formula is C20H27ClO4S. The van der Waals surface area contributed by atoms with E-state index < -0.39 is 15.3 Å². The predicted octanol–water partition coefficient (Wildman–Crippen LogP) is 4.46. The monoisotopic (exact) mass is 398 g/mol. The highest BCUT2D eigenvalue weighted by Gasteiger charge is 2.56. The van der Waals surface area contributed by atoms with Gasteiger partial charge in [0.05, 0.1) is 13.2 Å². The number of aryl methyl sites for hydroxylation is 1. The minimum absolute atomic E-state index is 0.0652. The van der Waals surface area contributed by atoms with Gasteiger partial charge in [0.15, 0.2) is 0 Å². The molecule has 26 heavy (non-hydrogen) atoms. The van der Waals surface area contributed by atoms with Gasteiger partial charge >= 0.3 is 0 Å². The summed E-state index contributed by atoms with van der Waals surface area (Å²) < 4.78 is 34.7. The fourth-order valence-corrected chi connectivity index (χ4v) is 6.87. The Hall–Kier alpha value is -0.780. The molecule has 2 fully saturated rings. The standard InChI is InChI=1S/C20H27ClO4S/c1-20-10-9-16-15-6-4-14(24-2)11-13(15)3-5-17(16)18(20)7-8-19(20)25-26(22,23)12-21/h4,6,11,16-19H,3,5,7-10,12H2,1-2H3/t16-,17-,18+,19+,20+/m1/s1. The largest absolute Gasteiger partial charge is 0.497 e. The van der Waals surface area contributed by atoms with Crippen molar-refractivity contribution in [3.8, 4) is 5.75 Å². The van der Waals surface area contributed by atoms with E-state index in [9.17, 15) is 8.42 Å². The lowest BCUT2D eigenvalue weighted by Gasteiger charge is -2.50. The summed E-state index contributed by atoms with van der Waals surface area (Å²) in [4.78, 5) is 0. The fraction of sp³-hybridized carbons (Fsp3) is 0.700. The first kappa shape index (κ1) is 18.6. The number of methoxy groups -OCH3 is 1. The fourth-order valence-electron chi connectivity index (χ4n) is 6.00. The number of ether oxygens (including phenoxy) is 1. The zero-order valence-corrected chi connectivity index (χ0v) is 17.0. The summed E-state index contributed by atoms with van der Waals surface area (Å²) in [6, 6.07) is 6.50. The lowest BCUT2D eigenvalue weighted by atomic mass is 9.55. The Morgan fingerprint density at radius 3 is 2.77 bits per heavy atom.